The van der Waals surface area contributed by atoms with Gasteiger partial charge in [-0.25, -0.2) is 4.79 Å². The molecule has 0 spiro atoms. The maximum atomic E-state index is 11.7. The number of benzene rings is 1. The maximum Gasteiger partial charge on any atom is 0.351 e. The Bertz CT molecular complexity index is 546. The first-order valence-corrected chi connectivity index (χ1v) is 6.17. The van der Waals surface area contributed by atoms with Crippen molar-refractivity contribution in [1.29, 1.82) is 0 Å². The number of carboxylic acid groups (broad SMARTS) is 1. The van der Waals surface area contributed by atoms with E-state index >= 15 is 0 Å². The molecular formula is C10H12N2O4S. The van der Waals surface area contributed by atoms with Crippen molar-refractivity contribution in [3.05, 3.63) is 29.8 Å². The summed E-state index contributed by atoms with van der Waals surface area (Å²) < 4.78 is 23.3. The molecule has 0 fully saturated rings. The number of hydrogen-bond acceptors (Lipinski definition) is 4. The molecule has 1 rings (SSSR count). The Morgan fingerprint density at radius 1 is 1.29 bits per heavy atom. The summed E-state index contributed by atoms with van der Waals surface area (Å²) in [4.78, 5) is 12.3. The molecule has 17 heavy (non-hydrogen) atoms. The molecule has 0 bridgehead atoms. The van der Waals surface area contributed by atoms with Gasteiger partial charge in [0.2, 0.25) is 0 Å². The van der Waals surface area contributed by atoms with Crippen molar-refractivity contribution >= 4 is 21.7 Å². The highest BCUT2D eigenvalue weighted by molar-refractivity contribution is 7.89. The quantitative estimate of drug-likeness (QED) is 0.613. The first kappa shape index (κ1) is 13.2. The number of rotatable bonds is 4. The van der Waals surface area contributed by atoms with Crippen molar-refractivity contribution in [2.75, 3.05) is 0 Å². The standard InChI is InChI=1S/C10H12N2O4S/c1-7-3-5-9(6-4-7)17(15,16)12-11-8(2)10(13)14/h3-6,12H,1-2H3,(H,13,14)/b11-8-. The second-order valence-electron chi connectivity index (χ2n) is 3.41. The number of sulfonamides is 1. The van der Waals surface area contributed by atoms with Crippen molar-refractivity contribution in [3.63, 3.8) is 0 Å². The third kappa shape index (κ3) is 3.56. The topological polar surface area (TPSA) is 95.8 Å². The van der Waals surface area contributed by atoms with E-state index in [0.717, 1.165) is 5.56 Å². The minimum atomic E-state index is -3.81. The molecule has 7 heteroatoms. The van der Waals surface area contributed by atoms with Crippen LogP contribution in [0.2, 0.25) is 0 Å². The van der Waals surface area contributed by atoms with Gasteiger partial charge in [0.1, 0.15) is 5.71 Å². The van der Waals surface area contributed by atoms with E-state index in [1.54, 1.807) is 12.1 Å². The molecule has 0 aliphatic rings. The Hall–Kier alpha value is -1.89. The van der Waals surface area contributed by atoms with E-state index in [9.17, 15) is 13.2 Å². The van der Waals surface area contributed by atoms with Crippen molar-refractivity contribution in [3.8, 4) is 0 Å². The Morgan fingerprint density at radius 3 is 2.29 bits per heavy atom. The lowest BCUT2D eigenvalue weighted by molar-refractivity contribution is -0.129. The van der Waals surface area contributed by atoms with Crippen LogP contribution in [0.3, 0.4) is 0 Å². The van der Waals surface area contributed by atoms with Crippen LogP contribution >= 0.6 is 0 Å². The van der Waals surface area contributed by atoms with Gasteiger partial charge in [-0.1, -0.05) is 17.7 Å². The number of carbonyl (C=O) groups is 1. The Labute approximate surface area is 99.0 Å². The van der Waals surface area contributed by atoms with Crippen LogP contribution in [0.1, 0.15) is 12.5 Å². The van der Waals surface area contributed by atoms with Crippen molar-refractivity contribution in [2.24, 2.45) is 5.10 Å². The fourth-order valence-electron chi connectivity index (χ4n) is 0.947. The number of carboxylic acids is 1. The summed E-state index contributed by atoms with van der Waals surface area (Å²) in [6.45, 7) is 3.02. The van der Waals surface area contributed by atoms with Crippen molar-refractivity contribution in [1.82, 2.24) is 4.83 Å². The minimum absolute atomic E-state index is 0.0324. The Balaban J connectivity index is 2.94. The largest absolute Gasteiger partial charge is 0.477 e. The molecule has 0 radical (unpaired) electrons. The SMILES string of the molecule is C/C(=N/NS(=O)(=O)c1ccc(C)cc1)C(=O)O. The van der Waals surface area contributed by atoms with Crippen LogP contribution in [0.4, 0.5) is 0 Å². The molecule has 0 aliphatic heterocycles. The number of hydrogen-bond donors (Lipinski definition) is 2. The summed E-state index contributed by atoms with van der Waals surface area (Å²) in [6, 6.07) is 6.12. The molecule has 0 atom stereocenters. The molecule has 0 saturated heterocycles. The van der Waals surface area contributed by atoms with Crippen LogP contribution in [0.25, 0.3) is 0 Å². The van der Waals surface area contributed by atoms with E-state index in [0.29, 0.717) is 0 Å². The van der Waals surface area contributed by atoms with Gasteiger partial charge >= 0.3 is 5.97 Å². The number of nitrogens with one attached hydrogen (secondary N) is 1. The summed E-state index contributed by atoms with van der Waals surface area (Å²) in [7, 11) is -3.81. The smallest absolute Gasteiger partial charge is 0.351 e. The summed E-state index contributed by atoms with van der Waals surface area (Å²) in [5, 5.41) is 11.8. The number of nitrogens with zero attached hydrogens (tertiary/aromatic N) is 1. The summed E-state index contributed by atoms with van der Waals surface area (Å²) in [6.07, 6.45) is 0. The van der Waals surface area contributed by atoms with Crippen LogP contribution in [-0.4, -0.2) is 25.2 Å². The number of aryl methyl sites for hydroxylation is 1. The molecule has 6 nitrogen and oxygen atoms in total. The molecule has 0 aliphatic carbocycles. The first-order chi connectivity index (χ1) is 7.83. The highest BCUT2D eigenvalue weighted by Gasteiger charge is 2.13. The predicted molar refractivity (Wildman–Crippen MR) is 62.2 cm³/mol. The Morgan fingerprint density at radius 2 is 1.82 bits per heavy atom. The van der Waals surface area contributed by atoms with Crippen LogP contribution in [-0.2, 0) is 14.8 Å². The van der Waals surface area contributed by atoms with Crippen LogP contribution in [0.5, 0.6) is 0 Å². The fourth-order valence-corrected chi connectivity index (χ4v) is 1.80. The summed E-state index contributed by atoms with van der Waals surface area (Å²) >= 11 is 0. The zero-order valence-corrected chi connectivity index (χ0v) is 10.2. The minimum Gasteiger partial charge on any atom is -0.477 e. The normalized spacial score (nSPS) is 12.2. The lowest BCUT2D eigenvalue weighted by atomic mass is 10.2. The molecule has 92 valence electrons. The van der Waals surface area contributed by atoms with E-state index < -0.39 is 16.0 Å². The average Bonchev–Trinajstić information content (AvgIpc) is 2.26. The maximum absolute atomic E-state index is 11.7. The van der Waals surface area contributed by atoms with E-state index in [-0.39, 0.29) is 10.6 Å². The molecule has 0 amide bonds. The van der Waals surface area contributed by atoms with Crippen LogP contribution < -0.4 is 4.83 Å². The van der Waals surface area contributed by atoms with Crippen molar-refractivity contribution < 1.29 is 18.3 Å². The molecule has 1 aromatic rings. The predicted octanol–water partition coefficient (Wildman–Crippen LogP) is 0.734. The second kappa shape index (κ2) is 4.96. The first-order valence-electron chi connectivity index (χ1n) is 4.69. The summed E-state index contributed by atoms with van der Waals surface area (Å²) in [5.41, 5.74) is 0.592. The number of aliphatic carboxylic acids is 1. The van der Waals surface area contributed by atoms with E-state index in [2.05, 4.69) is 5.10 Å². The zero-order valence-electron chi connectivity index (χ0n) is 9.34. The van der Waals surface area contributed by atoms with Gasteiger partial charge in [-0.05, 0) is 26.0 Å². The number of hydrazone groups is 1. The third-order valence-electron chi connectivity index (χ3n) is 1.97. The van der Waals surface area contributed by atoms with Crippen LogP contribution in [0, 0.1) is 6.92 Å². The average molecular weight is 256 g/mol. The van der Waals surface area contributed by atoms with Gasteiger partial charge in [0, 0.05) is 0 Å². The van der Waals surface area contributed by atoms with Gasteiger partial charge in [-0.2, -0.15) is 18.4 Å². The molecule has 0 saturated carbocycles. The highest BCUT2D eigenvalue weighted by atomic mass is 32.2. The molecule has 1 aromatic carbocycles. The van der Waals surface area contributed by atoms with Gasteiger partial charge in [-0.15, -0.1) is 0 Å². The van der Waals surface area contributed by atoms with Crippen LogP contribution in [0.15, 0.2) is 34.3 Å². The molecular weight excluding hydrogens is 244 g/mol. The molecule has 2 N–H and O–H groups in total. The van der Waals surface area contributed by atoms with E-state index in [1.165, 1.54) is 19.1 Å². The monoisotopic (exact) mass is 256 g/mol. The highest BCUT2D eigenvalue weighted by Crippen LogP contribution is 2.09. The molecule has 0 unspecified atom stereocenters. The van der Waals surface area contributed by atoms with Gasteiger partial charge in [0.15, 0.2) is 0 Å². The lowest BCUT2D eigenvalue weighted by Crippen LogP contribution is -2.22. The molecule has 0 heterocycles. The van der Waals surface area contributed by atoms with E-state index in [1.807, 2.05) is 11.8 Å². The Kier molecular flexibility index (Phi) is 3.84. The third-order valence-corrected chi connectivity index (χ3v) is 3.20. The van der Waals surface area contributed by atoms with Crippen molar-refractivity contribution in [2.45, 2.75) is 18.7 Å². The van der Waals surface area contributed by atoms with E-state index in [4.69, 9.17) is 5.11 Å². The summed E-state index contributed by atoms with van der Waals surface area (Å²) in [5.74, 6) is -1.28. The van der Waals surface area contributed by atoms with Gasteiger partial charge < -0.3 is 5.11 Å². The second-order valence-corrected chi connectivity index (χ2v) is 5.07. The zero-order chi connectivity index (χ0) is 13.1. The van der Waals surface area contributed by atoms with Gasteiger partial charge in [0.25, 0.3) is 10.0 Å². The fraction of sp³-hybridized carbons (Fsp3) is 0.200. The van der Waals surface area contributed by atoms with Gasteiger partial charge in [-0.3, -0.25) is 0 Å². The molecule has 0 aromatic heterocycles. The van der Waals surface area contributed by atoms with Gasteiger partial charge in [0.05, 0.1) is 4.90 Å². The lowest BCUT2D eigenvalue weighted by Gasteiger charge is -2.03.